The number of nitrogens with one attached hydrogen (secondary N) is 7. The molecule has 4 aliphatic rings. The van der Waals surface area contributed by atoms with Gasteiger partial charge in [-0.1, -0.05) is 91.0 Å². The molecule has 0 saturated carbocycles. The average molecular weight is 1910 g/mol. The fourth-order valence-corrected chi connectivity index (χ4v) is 17.9. The number of carbonyl (C=O) groups is 7. The Hall–Kier alpha value is -15.1. The zero-order valence-electron chi connectivity index (χ0n) is 79.7. The predicted molar refractivity (Wildman–Crippen MR) is 545 cm³/mol. The number of aromatic nitrogens is 8. The molecule has 20 rings (SSSR count). The number of aromatic amines is 6. The number of nitrogens with zero attached hydrogens (tertiary/aromatic N) is 9. The summed E-state index contributed by atoms with van der Waals surface area (Å²) in [6, 6.07) is 69.0. The summed E-state index contributed by atoms with van der Waals surface area (Å²) in [6.45, 7) is 22.8. The molecule has 34 heteroatoms. The number of ether oxygens (including phenoxy) is 2. The number of para-hydroxylation sites is 4. The Bertz CT molecular complexity index is 7340. The van der Waals surface area contributed by atoms with Crippen molar-refractivity contribution in [3.63, 3.8) is 0 Å². The summed E-state index contributed by atoms with van der Waals surface area (Å²) in [5.41, 5.74) is 12.4. The second-order valence-corrected chi connectivity index (χ2v) is 36.9. The van der Waals surface area contributed by atoms with Gasteiger partial charge in [0.1, 0.15) is 43.9 Å². The lowest BCUT2D eigenvalue weighted by Gasteiger charge is -2.34. The molecule has 0 bridgehead atoms. The van der Waals surface area contributed by atoms with Gasteiger partial charge in [0.25, 0.3) is 22.2 Å². The van der Waals surface area contributed by atoms with E-state index in [-0.39, 0.29) is 52.5 Å². The second kappa shape index (κ2) is 44.8. The van der Waals surface area contributed by atoms with Crippen LogP contribution in [-0.4, -0.2) is 290 Å². The molecule has 4 saturated heterocycles. The van der Waals surface area contributed by atoms with Crippen LogP contribution < -0.4 is 27.6 Å². The molecular formula is C107H116N16O18. The Labute approximate surface area is 810 Å². The van der Waals surface area contributed by atoms with E-state index in [2.05, 4.69) is 86.3 Å². The van der Waals surface area contributed by atoms with Crippen molar-refractivity contribution < 1.29 is 68.6 Å². The van der Waals surface area contributed by atoms with Crippen LogP contribution in [0.25, 0.3) is 132 Å². The molecule has 34 nitrogen and oxygen atoms in total. The van der Waals surface area contributed by atoms with Crippen LogP contribution in [0.15, 0.2) is 238 Å². The van der Waals surface area contributed by atoms with Gasteiger partial charge in [-0.3, -0.25) is 57.9 Å². The highest BCUT2D eigenvalue weighted by Gasteiger charge is 2.30. The molecular weight excluding hydrogens is 1800 g/mol. The van der Waals surface area contributed by atoms with Crippen molar-refractivity contribution in [1.29, 1.82) is 0 Å². The zero-order chi connectivity index (χ0) is 99.9. The van der Waals surface area contributed by atoms with Gasteiger partial charge < -0.3 is 89.8 Å². The van der Waals surface area contributed by atoms with Crippen LogP contribution >= 0.6 is 0 Å². The molecule has 4 fully saturated rings. The second-order valence-electron chi connectivity index (χ2n) is 36.9. The molecule has 732 valence electrons. The SMILES string of the molecule is CC(C)(C)OC(=O)n1c(-c2cc3ccccc3[nH]c2=O)cc2cc(C=O)ccc21.CC(C)(C)OC(=O)n1c(-c2cc3ccccc3[nH]c2=O)cc2cc(CN3CCN(C(=O)CO)CC3)ccc21.CO.O=C(CO)N1CCN(Cc2ccc3[nH]c(-c4cc5ccccc5[nH]c4=O)cc3c2)CC1.O=C(CO)N1CCN(Cc2ccc3[nH]c(-c4cc5ccccc5[nH]c4=O)cc3c2)CC1.O=C(CO)N1CCNCC1. The third kappa shape index (κ3) is 24.2. The van der Waals surface area contributed by atoms with Crippen molar-refractivity contribution in [2.45, 2.75) is 72.4 Å². The molecule has 4 aliphatic heterocycles. The van der Waals surface area contributed by atoms with Crippen molar-refractivity contribution in [3.8, 4) is 45.0 Å². The fraction of sp³-hybridized carbons (Fsp3) is 0.299. The molecule has 8 aromatic carbocycles. The number of hydrogen-bond acceptors (Lipinski definition) is 22. The topological polar surface area (TPSA) is 447 Å². The van der Waals surface area contributed by atoms with E-state index in [1.165, 1.54) is 20.3 Å². The number of fused-ring (bicyclic) bond motifs is 8. The third-order valence-electron chi connectivity index (χ3n) is 24.9. The Kier molecular flexibility index (Phi) is 31.9. The molecule has 0 radical (unpaired) electrons. The number of H-pyrrole nitrogens is 6. The van der Waals surface area contributed by atoms with Crippen LogP contribution in [-0.2, 0) is 48.3 Å². The van der Waals surface area contributed by atoms with E-state index in [0.717, 1.165) is 161 Å². The number of benzene rings is 8. The van der Waals surface area contributed by atoms with Crippen molar-refractivity contribution >= 4 is 129 Å². The first-order valence-electron chi connectivity index (χ1n) is 46.8. The van der Waals surface area contributed by atoms with E-state index >= 15 is 0 Å². The van der Waals surface area contributed by atoms with Gasteiger partial charge in [-0.2, -0.15) is 0 Å². The van der Waals surface area contributed by atoms with Gasteiger partial charge in [0.15, 0.2) is 0 Å². The smallest absolute Gasteiger partial charge is 0.419 e. The number of hydrogen-bond donors (Lipinski definition) is 12. The predicted octanol–water partition coefficient (Wildman–Crippen LogP) is 11.0. The van der Waals surface area contributed by atoms with Gasteiger partial charge in [-0.05, 0) is 207 Å². The van der Waals surface area contributed by atoms with E-state index in [4.69, 9.17) is 35.0 Å². The molecule has 4 amide bonds. The maximum Gasteiger partial charge on any atom is 0.419 e. The zero-order valence-corrected chi connectivity index (χ0v) is 79.7. The van der Waals surface area contributed by atoms with Gasteiger partial charge in [-0.15, -0.1) is 0 Å². The third-order valence-corrected chi connectivity index (χ3v) is 24.9. The number of piperazine rings is 4. The largest absolute Gasteiger partial charge is 0.443 e. The molecule has 16 aromatic rings. The minimum atomic E-state index is -0.708. The molecule has 0 atom stereocenters. The highest BCUT2D eigenvalue weighted by molar-refractivity contribution is 6.01. The van der Waals surface area contributed by atoms with Gasteiger partial charge in [-0.25, -0.2) is 18.7 Å². The Morgan fingerprint density at radius 2 is 0.610 bits per heavy atom. The summed E-state index contributed by atoms with van der Waals surface area (Å²) in [5.74, 6) is -0.818. The summed E-state index contributed by atoms with van der Waals surface area (Å²) >= 11 is 0. The Morgan fingerprint density at radius 1 is 0.319 bits per heavy atom. The van der Waals surface area contributed by atoms with E-state index in [1.54, 1.807) is 76.8 Å². The van der Waals surface area contributed by atoms with Crippen LogP contribution in [0.2, 0.25) is 0 Å². The van der Waals surface area contributed by atoms with Crippen LogP contribution in [0.4, 0.5) is 9.59 Å². The van der Waals surface area contributed by atoms with Crippen molar-refractivity contribution in [1.82, 2.24) is 78.7 Å². The minimum Gasteiger partial charge on any atom is -0.443 e. The highest BCUT2D eigenvalue weighted by atomic mass is 16.6. The molecule has 0 aliphatic carbocycles. The highest BCUT2D eigenvalue weighted by Crippen LogP contribution is 2.35. The summed E-state index contributed by atoms with van der Waals surface area (Å²) in [5, 5.41) is 53.0. The van der Waals surface area contributed by atoms with Gasteiger partial charge >= 0.3 is 12.2 Å². The van der Waals surface area contributed by atoms with E-state index in [0.29, 0.717) is 120 Å². The van der Waals surface area contributed by atoms with E-state index in [9.17, 15) is 52.7 Å². The molecule has 141 heavy (non-hydrogen) atoms. The monoisotopic (exact) mass is 1910 g/mol. The molecule has 0 spiro atoms. The van der Waals surface area contributed by atoms with E-state index in [1.807, 2.05) is 166 Å². The molecule has 12 N–H and O–H groups in total. The number of pyridine rings is 4. The summed E-state index contributed by atoms with van der Waals surface area (Å²) < 4.78 is 14.2. The summed E-state index contributed by atoms with van der Waals surface area (Å²) in [4.78, 5) is 167. The van der Waals surface area contributed by atoms with Gasteiger partial charge in [0, 0.05) is 192 Å². The van der Waals surface area contributed by atoms with Crippen molar-refractivity contribution in [3.05, 3.63) is 282 Å². The minimum absolute atomic E-state index is 0.110. The average Bonchev–Trinajstić information content (AvgIpc) is 1.61. The number of aliphatic hydroxyl groups excluding tert-OH is 5. The maximum atomic E-state index is 13.4. The fourth-order valence-electron chi connectivity index (χ4n) is 17.9. The Morgan fingerprint density at radius 3 is 0.943 bits per heavy atom. The lowest BCUT2D eigenvalue weighted by atomic mass is 10.1. The number of amides is 4. The maximum absolute atomic E-state index is 13.4. The molecule has 8 aromatic heterocycles. The normalized spacial score (nSPS) is 14.4. The molecule has 0 unspecified atom stereocenters. The molecule has 12 heterocycles. The first-order chi connectivity index (χ1) is 67.9. The van der Waals surface area contributed by atoms with Gasteiger partial charge in [0.05, 0.1) is 56.1 Å². The standard InChI is InChI=1S/C29H32N4O5.2C24H24N4O3.C23H20N2O4.C6H12N2O2.CH4O/c1-29(2,3)38-28(37)33-24-9-8-19(17-31-10-12-32(13-11-31)26(35)18-34)14-21(24)16-25(33)22-15-20-6-4-5-7-23(20)30-27(22)36;2*29-15-23(30)28-9-7-27(8-10-28)14-16-5-6-21-18(11-16)13-22(25-21)19-12-17-3-1-2-4-20(17)26-24(19)31;1-23(2,3)29-22(28)25-19-9-8-14(13-26)10-16(19)12-20(25)17-11-15-6-4-5-7-18(15)24-21(17)27;9-5-6(10)8-3-1-7-2-4-8;1-2/h4-9,14-16,34H,10-13,17-18H2,1-3H3,(H,30,36);2*1-6,11-13,25,29H,7-10,14-15H2,(H,26,31);4-13H,1-3H3,(H,24,27);7,9H,1-5H2;2H,1H3. The number of rotatable bonds is 15. The first-order valence-corrected chi connectivity index (χ1v) is 46.8. The van der Waals surface area contributed by atoms with Crippen LogP contribution in [0, 0.1) is 0 Å². The number of carbonyl (C=O) groups excluding carboxylic acids is 7. The number of aldehydes is 1. The van der Waals surface area contributed by atoms with E-state index < -0.39 is 43.2 Å². The summed E-state index contributed by atoms with van der Waals surface area (Å²) in [6.07, 6.45) is -0.395. The van der Waals surface area contributed by atoms with Crippen LogP contribution in [0.5, 0.6) is 0 Å². The quantitative estimate of drug-likeness (QED) is 0.0424. The first kappa shape index (κ1) is 100. The lowest BCUT2D eigenvalue weighted by molar-refractivity contribution is -0.136. The van der Waals surface area contributed by atoms with Crippen molar-refractivity contribution in [2.24, 2.45) is 0 Å². The number of aliphatic hydroxyl groups is 5. The van der Waals surface area contributed by atoms with Gasteiger partial charge in [0.2, 0.25) is 23.6 Å². The lowest BCUT2D eigenvalue weighted by Crippen LogP contribution is -2.49. The van der Waals surface area contributed by atoms with Crippen LogP contribution in [0.3, 0.4) is 0 Å². The summed E-state index contributed by atoms with van der Waals surface area (Å²) in [7, 11) is 1.00. The van der Waals surface area contributed by atoms with Crippen molar-refractivity contribution in [2.75, 3.05) is 138 Å². The van der Waals surface area contributed by atoms with Crippen LogP contribution in [0.1, 0.15) is 68.6 Å². The Balaban J connectivity index is 0.000000137.